The van der Waals surface area contributed by atoms with Gasteiger partial charge in [0.05, 0.1) is 12.7 Å². The van der Waals surface area contributed by atoms with Gasteiger partial charge < -0.3 is 20.5 Å². The third kappa shape index (κ3) is 3.22. The van der Waals surface area contributed by atoms with Crippen molar-refractivity contribution in [2.24, 2.45) is 11.3 Å². The molecule has 1 aliphatic carbocycles. The molecule has 0 aromatic heterocycles. The molecule has 3 N–H and O–H groups in total. The highest BCUT2D eigenvalue weighted by molar-refractivity contribution is 5.82. The predicted octanol–water partition coefficient (Wildman–Crippen LogP) is -0.110. The second kappa shape index (κ2) is 5.99. The van der Waals surface area contributed by atoms with E-state index in [0.717, 1.165) is 32.4 Å². The molecular weight excluding hydrogens is 232 g/mol. The van der Waals surface area contributed by atoms with E-state index in [4.69, 9.17) is 4.74 Å². The first-order valence-corrected chi connectivity index (χ1v) is 6.83. The second-order valence-electron chi connectivity index (χ2n) is 5.56. The monoisotopic (exact) mass is 256 g/mol. The smallest absolute Gasteiger partial charge is 0.223 e. The summed E-state index contributed by atoms with van der Waals surface area (Å²) in [6.45, 7) is 2.94. The van der Waals surface area contributed by atoms with Crippen LogP contribution < -0.4 is 10.6 Å². The van der Waals surface area contributed by atoms with Crippen LogP contribution in [0.3, 0.4) is 0 Å². The Hall–Kier alpha value is -0.650. The molecule has 1 amide bonds. The van der Waals surface area contributed by atoms with Crippen LogP contribution in [0.15, 0.2) is 0 Å². The average molecular weight is 256 g/mol. The molecule has 1 aliphatic heterocycles. The van der Waals surface area contributed by atoms with Crippen LogP contribution in [0.25, 0.3) is 0 Å². The summed E-state index contributed by atoms with van der Waals surface area (Å²) in [5.41, 5.74) is 0.292. The summed E-state index contributed by atoms with van der Waals surface area (Å²) in [6.07, 6.45) is 3.36. The minimum atomic E-state index is -0.484. The molecule has 0 aromatic carbocycles. The number of hydrogen-bond acceptors (Lipinski definition) is 4. The van der Waals surface area contributed by atoms with Crippen molar-refractivity contribution in [3.05, 3.63) is 0 Å². The van der Waals surface area contributed by atoms with Crippen molar-refractivity contribution in [3.8, 4) is 0 Å². The fraction of sp³-hybridized carbons (Fsp3) is 0.923. The molecule has 0 bridgehead atoms. The molecule has 1 heterocycles. The van der Waals surface area contributed by atoms with Gasteiger partial charge in [-0.1, -0.05) is 0 Å². The average Bonchev–Trinajstić information content (AvgIpc) is 3.04. The van der Waals surface area contributed by atoms with Crippen LogP contribution >= 0.6 is 0 Å². The van der Waals surface area contributed by atoms with Crippen molar-refractivity contribution in [2.45, 2.75) is 31.8 Å². The standard InChI is InChI=1S/C13H24N2O3/c1-18-9-10(16)2-5-15-12(17)11-8-13(11)3-6-14-7-4-13/h10-11,14,16H,2-9H2,1H3,(H,15,17). The molecule has 18 heavy (non-hydrogen) atoms. The van der Waals surface area contributed by atoms with Gasteiger partial charge in [-0.25, -0.2) is 0 Å². The van der Waals surface area contributed by atoms with Crippen LogP contribution in [0.4, 0.5) is 0 Å². The normalized spacial score (nSPS) is 26.9. The molecule has 5 nitrogen and oxygen atoms in total. The number of rotatable bonds is 6. The lowest BCUT2D eigenvalue weighted by Gasteiger charge is -2.23. The summed E-state index contributed by atoms with van der Waals surface area (Å²) in [6, 6.07) is 0. The van der Waals surface area contributed by atoms with Gasteiger partial charge in [0.2, 0.25) is 5.91 Å². The van der Waals surface area contributed by atoms with Gasteiger partial charge in [-0.05, 0) is 44.2 Å². The lowest BCUT2D eigenvalue weighted by molar-refractivity contribution is -0.123. The first-order valence-electron chi connectivity index (χ1n) is 6.83. The summed E-state index contributed by atoms with van der Waals surface area (Å²) < 4.78 is 4.84. The molecule has 0 aromatic rings. The quantitative estimate of drug-likeness (QED) is 0.620. The van der Waals surface area contributed by atoms with E-state index in [1.165, 1.54) is 0 Å². The van der Waals surface area contributed by atoms with Crippen LogP contribution in [-0.4, -0.2) is 50.5 Å². The highest BCUT2D eigenvalue weighted by Crippen LogP contribution is 2.58. The molecule has 5 heteroatoms. The van der Waals surface area contributed by atoms with Gasteiger partial charge in [0.1, 0.15) is 0 Å². The number of carbonyl (C=O) groups excluding carboxylic acids is 1. The third-order valence-electron chi connectivity index (χ3n) is 4.24. The van der Waals surface area contributed by atoms with Gasteiger partial charge in [0, 0.05) is 19.6 Å². The fourth-order valence-electron chi connectivity index (χ4n) is 2.96. The van der Waals surface area contributed by atoms with E-state index >= 15 is 0 Å². The van der Waals surface area contributed by atoms with Crippen molar-refractivity contribution >= 4 is 5.91 Å². The van der Waals surface area contributed by atoms with Crippen molar-refractivity contribution in [1.82, 2.24) is 10.6 Å². The SMILES string of the molecule is COCC(O)CCNC(=O)C1CC12CCNCC2. The molecular formula is C13H24N2O3. The van der Waals surface area contributed by atoms with Crippen LogP contribution in [0.1, 0.15) is 25.7 Å². The number of carbonyl (C=O) groups is 1. The van der Waals surface area contributed by atoms with Crippen molar-refractivity contribution in [3.63, 3.8) is 0 Å². The Balaban J connectivity index is 1.64. The minimum Gasteiger partial charge on any atom is -0.391 e. The number of ether oxygens (including phenoxy) is 1. The number of hydrogen-bond donors (Lipinski definition) is 3. The van der Waals surface area contributed by atoms with Crippen LogP contribution in [0, 0.1) is 11.3 Å². The maximum absolute atomic E-state index is 12.0. The van der Waals surface area contributed by atoms with Crippen LogP contribution in [0.2, 0.25) is 0 Å². The lowest BCUT2D eigenvalue weighted by atomic mass is 9.92. The van der Waals surface area contributed by atoms with Gasteiger partial charge in [-0.15, -0.1) is 0 Å². The number of nitrogens with one attached hydrogen (secondary N) is 2. The van der Waals surface area contributed by atoms with E-state index in [2.05, 4.69) is 10.6 Å². The summed E-state index contributed by atoms with van der Waals surface area (Å²) in [7, 11) is 1.56. The van der Waals surface area contributed by atoms with E-state index in [1.807, 2.05) is 0 Å². The molecule has 2 rings (SSSR count). The van der Waals surface area contributed by atoms with E-state index in [1.54, 1.807) is 7.11 Å². The Kier molecular flexibility index (Phi) is 4.59. The molecule has 2 fully saturated rings. The maximum atomic E-state index is 12.0. The van der Waals surface area contributed by atoms with E-state index in [0.29, 0.717) is 25.0 Å². The lowest BCUT2D eigenvalue weighted by Crippen LogP contribution is -2.34. The van der Waals surface area contributed by atoms with Crippen LogP contribution in [0.5, 0.6) is 0 Å². The summed E-state index contributed by atoms with van der Waals surface area (Å²) in [5, 5.41) is 15.7. The number of aliphatic hydroxyl groups excluding tert-OH is 1. The Morgan fingerprint density at radius 2 is 2.28 bits per heavy atom. The molecule has 2 unspecified atom stereocenters. The number of piperidine rings is 1. The topological polar surface area (TPSA) is 70.6 Å². The van der Waals surface area contributed by atoms with Gasteiger partial charge >= 0.3 is 0 Å². The Labute approximate surface area is 108 Å². The zero-order valence-corrected chi connectivity index (χ0v) is 11.1. The Morgan fingerprint density at radius 1 is 1.56 bits per heavy atom. The first-order chi connectivity index (χ1) is 8.68. The highest BCUT2D eigenvalue weighted by atomic mass is 16.5. The molecule has 104 valence electrons. The van der Waals surface area contributed by atoms with E-state index < -0.39 is 6.10 Å². The number of amides is 1. The maximum Gasteiger partial charge on any atom is 0.223 e. The van der Waals surface area contributed by atoms with Gasteiger partial charge in [-0.3, -0.25) is 4.79 Å². The minimum absolute atomic E-state index is 0.168. The largest absolute Gasteiger partial charge is 0.391 e. The molecule has 2 aliphatic rings. The van der Waals surface area contributed by atoms with E-state index in [-0.39, 0.29) is 11.8 Å². The Bertz CT molecular complexity index is 290. The summed E-state index contributed by atoms with van der Waals surface area (Å²) >= 11 is 0. The first kappa shape index (κ1) is 13.8. The molecule has 1 saturated carbocycles. The molecule has 1 saturated heterocycles. The van der Waals surface area contributed by atoms with Crippen molar-refractivity contribution in [1.29, 1.82) is 0 Å². The van der Waals surface area contributed by atoms with Crippen molar-refractivity contribution < 1.29 is 14.6 Å². The zero-order chi connectivity index (χ0) is 13.0. The van der Waals surface area contributed by atoms with Crippen LogP contribution in [-0.2, 0) is 9.53 Å². The molecule has 1 spiro atoms. The predicted molar refractivity (Wildman–Crippen MR) is 68.2 cm³/mol. The Morgan fingerprint density at radius 3 is 2.94 bits per heavy atom. The molecule has 0 radical (unpaired) electrons. The summed E-state index contributed by atoms with van der Waals surface area (Å²) in [5.74, 6) is 0.376. The number of aliphatic hydroxyl groups is 1. The number of methoxy groups -OCH3 is 1. The third-order valence-corrected chi connectivity index (χ3v) is 4.24. The second-order valence-corrected chi connectivity index (χ2v) is 5.56. The van der Waals surface area contributed by atoms with E-state index in [9.17, 15) is 9.90 Å². The zero-order valence-electron chi connectivity index (χ0n) is 11.1. The van der Waals surface area contributed by atoms with Gasteiger partial charge in [-0.2, -0.15) is 0 Å². The van der Waals surface area contributed by atoms with Gasteiger partial charge in [0.15, 0.2) is 0 Å². The highest BCUT2D eigenvalue weighted by Gasteiger charge is 2.57. The van der Waals surface area contributed by atoms with Gasteiger partial charge in [0.25, 0.3) is 0 Å². The fourth-order valence-corrected chi connectivity index (χ4v) is 2.96. The summed E-state index contributed by atoms with van der Waals surface area (Å²) in [4.78, 5) is 12.0. The van der Waals surface area contributed by atoms with Crippen molar-refractivity contribution in [2.75, 3.05) is 33.4 Å². The molecule has 2 atom stereocenters.